The summed E-state index contributed by atoms with van der Waals surface area (Å²) in [7, 11) is 0. The number of carboxylic acid groups (broad SMARTS) is 1. The molecule has 2 unspecified atom stereocenters. The molecular weight excluding hydrogens is 476 g/mol. The highest BCUT2D eigenvalue weighted by molar-refractivity contribution is 5.90. The standard InChI is InChI=1S/C29H42O8/c1-14(2)20-9-17-10-27(12-30)19-8-7-15(3)18(19)11-28(17,29(20,27)25(32)33)13-34-24-21(31)23-22(16(4)35-24)36-26(5,6)37-23/h9,12,14-19,21-24,31H,7-8,10-11,13H2,1-6H3,(H,32,33)/t15-,16-,17?,18-,19-,21+,22-,23+,24-,27+,28?,29+/m1/s1. The summed E-state index contributed by atoms with van der Waals surface area (Å²) >= 11 is 0. The van der Waals surface area contributed by atoms with Crippen molar-refractivity contribution in [2.45, 2.75) is 104 Å². The number of aldehydes is 1. The number of fused-ring (bicyclic) bond motifs is 3. The topological polar surface area (TPSA) is 112 Å². The summed E-state index contributed by atoms with van der Waals surface area (Å²) < 4.78 is 24.5. The Balaban J connectivity index is 1.39. The van der Waals surface area contributed by atoms with Crippen LogP contribution in [0.1, 0.15) is 67.2 Å². The molecule has 6 rings (SSSR count). The Morgan fingerprint density at radius 1 is 1.19 bits per heavy atom. The molecule has 2 saturated heterocycles. The highest BCUT2D eigenvalue weighted by Gasteiger charge is 2.84. The van der Waals surface area contributed by atoms with Gasteiger partial charge in [0.25, 0.3) is 0 Å². The van der Waals surface area contributed by atoms with Crippen LogP contribution in [0.5, 0.6) is 0 Å². The van der Waals surface area contributed by atoms with Crippen LogP contribution in [-0.2, 0) is 28.5 Å². The zero-order valence-electron chi connectivity index (χ0n) is 22.8. The molecule has 8 heteroatoms. The maximum absolute atomic E-state index is 13.6. The van der Waals surface area contributed by atoms with Crippen molar-refractivity contribution in [3.05, 3.63) is 11.6 Å². The van der Waals surface area contributed by atoms with Gasteiger partial charge in [-0.1, -0.05) is 38.8 Å². The second kappa shape index (κ2) is 8.10. The number of carboxylic acids is 1. The first kappa shape index (κ1) is 25.9. The van der Waals surface area contributed by atoms with Crippen LogP contribution in [0.15, 0.2) is 11.6 Å². The van der Waals surface area contributed by atoms with Crippen LogP contribution in [-0.4, -0.2) is 65.6 Å². The van der Waals surface area contributed by atoms with Crippen LogP contribution in [0.4, 0.5) is 0 Å². The zero-order valence-corrected chi connectivity index (χ0v) is 22.8. The van der Waals surface area contributed by atoms with E-state index in [0.29, 0.717) is 18.8 Å². The van der Waals surface area contributed by atoms with E-state index in [-0.39, 0.29) is 36.4 Å². The Kier molecular flexibility index (Phi) is 5.68. The Morgan fingerprint density at radius 2 is 1.89 bits per heavy atom. The number of aliphatic hydroxyl groups is 1. The second-order valence-electron chi connectivity index (χ2n) is 13.6. The number of hydrogen-bond acceptors (Lipinski definition) is 7. The van der Waals surface area contributed by atoms with Gasteiger partial charge in [-0.2, -0.15) is 0 Å². The molecule has 0 spiro atoms. The maximum Gasteiger partial charge on any atom is 0.315 e. The Labute approximate surface area is 219 Å². The van der Waals surface area contributed by atoms with Crippen LogP contribution >= 0.6 is 0 Å². The third-order valence-corrected chi connectivity index (χ3v) is 11.2. The van der Waals surface area contributed by atoms with Crippen LogP contribution < -0.4 is 0 Å². The molecule has 6 aliphatic rings. The van der Waals surface area contributed by atoms with Crippen LogP contribution in [0, 0.1) is 45.8 Å². The molecule has 0 aromatic rings. The van der Waals surface area contributed by atoms with Gasteiger partial charge in [0.15, 0.2) is 12.1 Å². The van der Waals surface area contributed by atoms with Crippen molar-refractivity contribution < 1.29 is 38.7 Å². The molecule has 8 nitrogen and oxygen atoms in total. The van der Waals surface area contributed by atoms with Gasteiger partial charge in [-0.3, -0.25) is 4.79 Å². The molecule has 0 aromatic carbocycles. The van der Waals surface area contributed by atoms with E-state index >= 15 is 0 Å². The minimum Gasteiger partial charge on any atom is -0.481 e. The van der Waals surface area contributed by atoms with E-state index in [2.05, 4.69) is 13.0 Å². The molecule has 206 valence electrons. The number of hydrogen-bond donors (Lipinski definition) is 2. The summed E-state index contributed by atoms with van der Waals surface area (Å²) in [5.41, 5.74) is -2.15. The van der Waals surface area contributed by atoms with E-state index in [1.165, 1.54) is 0 Å². The van der Waals surface area contributed by atoms with Gasteiger partial charge < -0.3 is 34.0 Å². The number of carbonyl (C=O) groups is 2. The van der Waals surface area contributed by atoms with E-state index in [9.17, 15) is 19.8 Å². The van der Waals surface area contributed by atoms with E-state index in [1.54, 1.807) is 0 Å². The predicted octanol–water partition coefficient (Wildman–Crippen LogP) is 3.55. The van der Waals surface area contributed by atoms with E-state index in [1.807, 2.05) is 34.6 Å². The van der Waals surface area contributed by atoms with Crippen LogP contribution in [0.3, 0.4) is 0 Å². The Hall–Kier alpha value is -1.32. The predicted molar refractivity (Wildman–Crippen MR) is 132 cm³/mol. The van der Waals surface area contributed by atoms with Gasteiger partial charge in [0.2, 0.25) is 0 Å². The average Bonchev–Trinajstić information content (AvgIpc) is 3.50. The largest absolute Gasteiger partial charge is 0.481 e. The third kappa shape index (κ3) is 3.02. The van der Waals surface area contributed by atoms with Crippen molar-refractivity contribution in [3.63, 3.8) is 0 Å². The quantitative estimate of drug-likeness (QED) is 0.406. The van der Waals surface area contributed by atoms with Gasteiger partial charge in [0.05, 0.1) is 18.1 Å². The lowest BCUT2D eigenvalue weighted by atomic mass is 9.43. The van der Waals surface area contributed by atoms with E-state index < -0.39 is 52.6 Å². The summed E-state index contributed by atoms with van der Waals surface area (Å²) in [6.07, 6.45) is 2.92. The van der Waals surface area contributed by atoms with Crippen molar-refractivity contribution in [2.24, 2.45) is 45.8 Å². The smallest absolute Gasteiger partial charge is 0.315 e. The fourth-order valence-electron chi connectivity index (χ4n) is 9.97. The molecule has 2 N–H and O–H groups in total. The lowest BCUT2D eigenvalue weighted by molar-refractivity contribution is -0.287. The maximum atomic E-state index is 13.6. The fourth-order valence-corrected chi connectivity index (χ4v) is 9.97. The molecule has 12 atom stereocenters. The molecule has 0 amide bonds. The highest BCUT2D eigenvalue weighted by atomic mass is 16.8. The third-order valence-electron chi connectivity index (χ3n) is 11.2. The van der Waals surface area contributed by atoms with Gasteiger partial charge in [-0.15, -0.1) is 0 Å². The molecule has 2 aliphatic heterocycles. The van der Waals surface area contributed by atoms with Crippen molar-refractivity contribution >= 4 is 12.3 Å². The molecule has 5 fully saturated rings. The number of aliphatic hydroxyl groups excluding tert-OH is 1. The number of carbonyl (C=O) groups excluding carboxylic acids is 1. The summed E-state index contributed by atoms with van der Waals surface area (Å²) in [6, 6.07) is 0. The monoisotopic (exact) mass is 518 g/mol. The zero-order chi connectivity index (χ0) is 26.7. The van der Waals surface area contributed by atoms with E-state index in [0.717, 1.165) is 24.7 Å². The normalized spacial score (nSPS) is 53.2. The molecule has 0 aromatic heterocycles. The number of rotatable bonds is 6. The number of ether oxygens (including phenoxy) is 4. The Bertz CT molecular complexity index is 1020. The summed E-state index contributed by atoms with van der Waals surface area (Å²) in [5.74, 6) is -1.04. The Morgan fingerprint density at radius 3 is 2.54 bits per heavy atom. The van der Waals surface area contributed by atoms with Gasteiger partial charge in [-0.25, -0.2) is 0 Å². The van der Waals surface area contributed by atoms with Crippen molar-refractivity contribution in [1.82, 2.24) is 0 Å². The van der Waals surface area contributed by atoms with Gasteiger partial charge in [0.1, 0.15) is 30.0 Å². The fraction of sp³-hybridized carbons (Fsp3) is 0.862. The van der Waals surface area contributed by atoms with Crippen molar-refractivity contribution in [3.8, 4) is 0 Å². The van der Waals surface area contributed by atoms with E-state index in [4.69, 9.17) is 18.9 Å². The first-order chi connectivity index (χ1) is 17.3. The van der Waals surface area contributed by atoms with Gasteiger partial charge in [-0.05, 0) is 69.6 Å². The first-order valence-electron chi connectivity index (χ1n) is 14.1. The number of aliphatic carboxylic acids is 1. The SMILES string of the molecule is CC(C)C1=CC2C[C@]3(C=O)[C@@H]4CC[C@@H](C)[C@H]4CC2(CO[C@@H]2O[C@H](C)[C@H]4OC(C)(C)O[C@H]4[C@@H]2O)[C@]13C(=O)O. The number of allylic oxidation sites excluding steroid dienone is 1. The summed E-state index contributed by atoms with van der Waals surface area (Å²) in [4.78, 5) is 26.7. The first-order valence-corrected chi connectivity index (χ1v) is 14.1. The molecule has 4 bridgehead atoms. The van der Waals surface area contributed by atoms with Crippen molar-refractivity contribution in [1.29, 1.82) is 0 Å². The van der Waals surface area contributed by atoms with Crippen LogP contribution in [0.2, 0.25) is 0 Å². The molecule has 4 aliphatic carbocycles. The minimum absolute atomic E-state index is 0.000883. The van der Waals surface area contributed by atoms with Gasteiger partial charge >= 0.3 is 5.97 Å². The molecular formula is C29H42O8. The highest BCUT2D eigenvalue weighted by Crippen LogP contribution is 2.82. The minimum atomic E-state index is -1.31. The average molecular weight is 519 g/mol. The van der Waals surface area contributed by atoms with Crippen molar-refractivity contribution in [2.75, 3.05) is 6.61 Å². The molecule has 2 heterocycles. The molecule has 3 saturated carbocycles. The van der Waals surface area contributed by atoms with Gasteiger partial charge in [0, 0.05) is 5.41 Å². The lowest BCUT2D eigenvalue weighted by Crippen LogP contribution is -2.64. The van der Waals surface area contributed by atoms with Crippen LogP contribution in [0.25, 0.3) is 0 Å². The lowest BCUT2D eigenvalue weighted by Gasteiger charge is -2.58. The molecule has 37 heavy (non-hydrogen) atoms. The summed E-state index contributed by atoms with van der Waals surface area (Å²) in [5, 5.41) is 22.3. The summed E-state index contributed by atoms with van der Waals surface area (Å²) in [6.45, 7) is 11.9. The second-order valence-corrected chi connectivity index (χ2v) is 13.6. The molecule has 0 radical (unpaired) electrons.